The molecular formula is C15H21NOS. The van der Waals surface area contributed by atoms with E-state index in [2.05, 4.69) is 24.9 Å². The van der Waals surface area contributed by atoms with E-state index in [0.29, 0.717) is 0 Å². The van der Waals surface area contributed by atoms with Crippen LogP contribution < -0.4 is 4.74 Å². The smallest absolute Gasteiger partial charge is 0.274 e. The molecule has 0 aliphatic heterocycles. The highest BCUT2D eigenvalue weighted by Crippen LogP contribution is 2.28. The minimum atomic E-state index is 0.266. The summed E-state index contributed by atoms with van der Waals surface area (Å²) < 4.78 is 7.09. The third-order valence-electron chi connectivity index (χ3n) is 3.04. The lowest BCUT2D eigenvalue weighted by Gasteiger charge is -2.11. The Bertz CT molecular complexity index is 447. The average molecular weight is 263 g/mol. The van der Waals surface area contributed by atoms with Gasteiger partial charge in [-0.15, -0.1) is 0 Å². The van der Waals surface area contributed by atoms with Crippen molar-refractivity contribution in [3.8, 4) is 5.19 Å². The molecule has 0 aliphatic carbocycles. The largest absolute Gasteiger partial charge is 0.467 e. The third-order valence-corrected chi connectivity index (χ3v) is 3.97. The van der Waals surface area contributed by atoms with Crippen LogP contribution in [-0.4, -0.2) is 11.1 Å². The summed E-state index contributed by atoms with van der Waals surface area (Å²) in [4.78, 5) is 4.49. The second-order valence-corrected chi connectivity index (χ2v) is 5.72. The lowest BCUT2D eigenvalue weighted by molar-refractivity contribution is 0.206. The molecule has 1 heterocycles. The minimum absolute atomic E-state index is 0.266. The van der Waals surface area contributed by atoms with Gasteiger partial charge in [0.25, 0.3) is 5.19 Å². The van der Waals surface area contributed by atoms with Gasteiger partial charge in [-0.1, -0.05) is 49.7 Å². The fraction of sp³-hybridized carbons (Fsp3) is 0.533. The second kappa shape index (κ2) is 6.74. The molecule has 0 amide bonds. The summed E-state index contributed by atoms with van der Waals surface area (Å²) in [5.74, 6) is 0. The first-order valence-corrected chi connectivity index (χ1v) is 7.63. The number of rotatable bonds is 7. The van der Waals surface area contributed by atoms with E-state index >= 15 is 0 Å². The molecule has 18 heavy (non-hydrogen) atoms. The van der Waals surface area contributed by atoms with Gasteiger partial charge < -0.3 is 4.74 Å². The van der Waals surface area contributed by atoms with Crippen LogP contribution >= 0.6 is 11.3 Å². The first kappa shape index (κ1) is 13.3. The molecule has 2 rings (SSSR count). The molecule has 0 spiro atoms. The summed E-state index contributed by atoms with van der Waals surface area (Å²) in [5, 5.41) is 0.805. The Labute approximate surface area is 113 Å². The van der Waals surface area contributed by atoms with Crippen molar-refractivity contribution in [3.63, 3.8) is 0 Å². The van der Waals surface area contributed by atoms with Crippen molar-refractivity contribution in [2.24, 2.45) is 0 Å². The monoisotopic (exact) mass is 263 g/mol. The highest BCUT2D eigenvalue weighted by molar-refractivity contribution is 7.20. The first-order valence-electron chi connectivity index (χ1n) is 6.82. The fourth-order valence-corrected chi connectivity index (χ4v) is 2.90. The predicted octanol–water partition coefficient (Wildman–Crippen LogP) is 5.03. The lowest BCUT2D eigenvalue weighted by Crippen LogP contribution is -2.11. The highest BCUT2D eigenvalue weighted by Gasteiger charge is 2.08. The van der Waals surface area contributed by atoms with E-state index in [1.54, 1.807) is 11.3 Å². The van der Waals surface area contributed by atoms with E-state index in [1.165, 1.54) is 30.4 Å². The maximum Gasteiger partial charge on any atom is 0.274 e. The van der Waals surface area contributed by atoms with Crippen LogP contribution in [0.1, 0.15) is 46.0 Å². The van der Waals surface area contributed by atoms with Crippen LogP contribution in [0.5, 0.6) is 5.19 Å². The molecular weight excluding hydrogens is 242 g/mol. The Hall–Kier alpha value is -1.09. The number of fused-ring (bicyclic) bond motifs is 1. The summed E-state index contributed by atoms with van der Waals surface area (Å²) in [5.41, 5.74) is 1.04. The quantitative estimate of drug-likeness (QED) is 0.653. The molecule has 3 heteroatoms. The zero-order chi connectivity index (χ0) is 12.8. The number of ether oxygens (including phenoxy) is 1. The normalized spacial score (nSPS) is 12.8. The van der Waals surface area contributed by atoms with Crippen molar-refractivity contribution >= 4 is 21.6 Å². The van der Waals surface area contributed by atoms with Gasteiger partial charge >= 0.3 is 0 Å². The van der Waals surface area contributed by atoms with E-state index < -0.39 is 0 Å². The van der Waals surface area contributed by atoms with Crippen molar-refractivity contribution in [2.75, 3.05) is 0 Å². The molecule has 0 radical (unpaired) electrons. The topological polar surface area (TPSA) is 22.1 Å². The van der Waals surface area contributed by atoms with E-state index in [1.807, 2.05) is 18.2 Å². The summed E-state index contributed by atoms with van der Waals surface area (Å²) >= 11 is 1.64. The SMILES string of the molecule is CCCCCCC(C)Oc1nc2ccccc2s1. The molecule has 2 aromatic rings. The summed E-state index contributed by atoms with van der Waals surface area (Å²) in [6.45, 7) is 4.37. The van der Waals surface area contributed by atoms with Gasteiger partial charge in [-0.3, -0.25) is 0 Å². The van der Waals surface area contributed by atoms with Crippen molar-refractivity contribution in [2.45, 2.75) is 52.1 Å². The van der Waals surface area contributed by atoms with E-state index in [-0.39, 0.29) is 6.10 Å². The number of hydrogen-bond acceptors (Lipinski definition) is 3. The number of para-hydroxylation sites is 1. The summed E-state index contributed by atoms with van der Waals surface area (Å²) in [7, 11) is 0. The standard InChI is InChI=1S/C15H21NOS/c1-3-4-5-6-9-12(2)17-15-16-13-10-7-8-11-14(13)18-15/h7-8,10-12H,3-6,9H2,1-2H3. The summed E-state index contributed by atoms with van der Waals surface area (Å²) in [6, 6.07) is 8.18. The number of thiazole rings is 1. The number of aromatic nitrogens is 1. The van der Waals surface area contributed by atoms with Crippen LogP contribution in [-0.2, 0) is 0 Å². The van der Waals surface area contributed by atoms with Gasteiger partial charge in [0, 0.05) is 0 Å². The van der Waals surface area contributed by atoms with Gasteiger partial charge in [-0.05, 0) is 31.9 Å². The minimum Gasteiger partial charge on any atom is -0.467 e. The van der Waals surface area contributed by atoms with Gasteiger partial charge in [-0.2, -0.15) is 0 Å². The molecule has 1 aromatic carbocycles. The highest BCUT2D eigenvalue weighted by atomic mass is 32.1. The van der Waals surface area contributed by atoms with Crippen LogP contribution in [0, 0.1) is 0 Å². The van der Waals surface area contributed by atoms with Crippen LogP contribution in [0.3, 0.4) is 0 Å². The van der Waals surface area contributed by atoms with E-state index in [0.717, 1.165) is 17.1 Å². The zero-order valence-electron chi connectivity index (χ0n) is 11.2. The van der Waals surface area contributed by atoms with Gasteiger partial charge in [0.15, 0.2) is 0 Å². The number of benzene rings is 1. The van der Waals surface area contributed by atoms with Crippen molar-refractivity contribution in [1.29, 1.82) is 0 Å². The fourth-order valence-electron chi connectivity index (χ4n) is 1.99. The van der Waals surface area contributed by atoms with Crippen LogP contribution in [0.4, 0.5) is 0 Å². The van der Waals surface area contributed by atoms with E-state index in [4.69, 9.17) is 4.74 Å². The molecule has 0 saturated carbocycles. The van der Waals surface area contributed by atoms with Gasteiger partial charge in [0.2, 0.25) is 0 Å². The zero-order valence-corrected chi connectivity index (χ0v) is 12.0. The Morgan fingerprint density at radius 2 is 2.06 bits per heavy atom. The molecule has 98 valence electrons. The van der Waals surface area contributed by atoms with Gasteiger partial charge in [0.05, 0.1) is 16.3 Å². The number of nitrogens with zero attached hydrogens (tertiary/aromatic N) is 1. The molecule has 0 saturated heterocycles. The second-order valence-electron chi connectivity index (χ2n) is 4.73. The molecule has 0 fully saturated rings. The van der Waals surface area contributed by atoms with E-state index in [9.17, 15) is 0 Å². The summed E-state index contributed by atoms with van der Waals surface area (Å²) in [6.07, 6.45) is 6.56. The number of hydrogen-bond donors (Lipinski definition) is 0. The maximum absolute atomic E-state index is 5.89. The molecule has 0 bridgehead atoms. The van der Waals surface area contributed by atoms with Gasteiger partial charge in [0.1, 0.15) is 0 Å². The Kier molecular flexibility index (Phi) is 5.00. The Morgan fingerprint density at radius 1 is 1.22 bits per heavy atom. The third kappa shape index (κ3) is 3.70. The van der Waals surface area contributed by atoms with Crippen LogP contribution in [0.25, 0.3) is 10.2 Å². The van der Waals surface area contributed by atoms with Crippen LogP contribution in [0.15, 0.2) is 24.3 Å². The Balaban J connectivity index is 1.84. The molecule has 0 N–H and O–H groups in total. The average Bonchev–Trinajstić information content (AvgIpc) is 2.76. The molecule has 0 aliphatic rings. The molecule has 1 atom stereocenters. The van der Waals surface area contributed by atoms with Crippen LogP contribution in [0.2, 0.25) is 0 Å². The maximum atomic E-state index is 5.89. The Morgan fingerprint density at radius 3 is 2.83 bits per heavy atom. The molecule has 1 unspecified atom stereocenters. The molecule has 2 nitrogen and oxygen atoms in total. The lowest BCUT2D eigenvalue weighted by atomic mass is 10.1. The van der Waals surface area contributed by atoms with Crippen molar-refractivity contribution < 1.29 is 4.74 Å². The van der Waals surface area contributed by atoms with Crippen molar-refractivity contribution in [3.05, 3.63) is 24.3 Å². The predicted molar refractivity (Wildman–Crippen MR) is 78.5 cm³/mol. The van der Waals surface area contributed by atoms with Crippen molar-refractivity contribution in [1.82, 2.24) is 4.98 Å². The first-order chi connectivity index (χ1) is 8.79. The molecule has 1 aromatic heterocycles. The number of unbranched alkanes of at least 4 members (excludes halogenated alkanes) is 3. The van der Waals surface area contributed by atoms with Gasteiger partial charge in [-0.25, -0.2) is 4.98 Å².